The Morgan fingerprint density at radius 3 is 2.48 bits per heavy atom. The molecule has 0 spiro atoms. The van der Waals surface area contributed by atoms with Gasteiger partial charge < -0.3 is 14.4 Å². The third-order valence-electron chi connectivity index (χ3n) is 3.83. The first-order valence-electron chi connectivity index (χ1n) is 7.89. The Kier molecular flexibility index (Phi) is 4.97. The standard InChI is InChI=1S/C18H25NO4/c1-17(2,3)23-15(20)18(4)10-11-19(13-18)16(21)22-12-14-8-6-5-7-9-14/h5-9H,10-13H2,1-4H3/t18-/m1/s1. The van der Waals surface area contributed by atoms with E-state index in [1.54, 1.807) is 4.90 Å². The highest BCUT2D eigenvalue weighted by molar-refractivity contribution is 5.79. The van der Waals surface area contributed by atoms with Gasteiger partial charge in [-0.15, -0.1) is 0 Å². The first-order valence-corrected chi connectivity index (χ1v) is 7.89. The fourth-order valence-electron chi connectivity index (χ4n) is 2.50. The van der Waals surface area contributed by atoms with Crippen LogP contribution in [0.2, 0.25) is 0 Å². The molecule has 0 saturated carbocycles. The molecule has 1 aromatic carbocycles. The monoisotopic (exact) mass is 319 g/mol. The molecule has 0 bridgehead atoms. The second kappa shape index (κ2) is 6.60. The molecule has 1 atom stereocenters. The maximum atomic E-state index is 12.3. The molecule has 0 N–H and O–H groups in total. The van der Waals surface area contributed by atoms with Gasteiger partial charge in [-0.1, -0.05) is 30.3 Å². The Labute approximate surface area is 137 Å². The normalized spacial score (nSPS) is 21.1. The molecule has 0 unspecified atom stereocenters. The van der Waals surface area contributed by atoms with E-state index in [1.165, 1.54) is 0 Å². The van der Waals surface area contributed by atoms with Crippen molar-refractivity contribution in [1.82, 2.24) is 4.90 Å². The minimum absolute atomic E-state index is 0.235. The number of hydrogen-bond acceptors (Lipinski definition) is 4. The van der Waals surface area contributed by atoms with E-state index in [9.17, 15) is 9.59 Å². The van der Waals surface area contributed by atoms with Crippen LogP contribution in [-0.4, -0.2) is 35.7 Å². The summed E-state index contributed by atoms with van der Waals surface area (Å²) in [5.74, 6) is -0.261. The van der Waals surface area contributed by atoms with Gasteiger partial charge in [-0.25, -0.2) is 4.79 Å². The molecule has 2 rings (SSSR count). The fourth-order valence-corrected chi connectivity index (χ4v) is 2.50. The zero-order valence-electron chi connectivity index (χ0n) is 14.3. The number of ether oxygens (including phenoxy) is 2. The van der Waals surface area contributed by atoms with Crippen molar-refractivity contribution >= 4 is 12.1 Å². The van der Waals surface area contributed by atoms with Gasteiger partial charge in [0.2, 0.25) is 0 Å². The van der Waals surface area contributed by atoms with E-state index in [0.29, 0.717) is 19.5 Å². The molecule has 1 aliphatic heterocycles. The van der Waals surface area contributed by atoms with E-state index < -0.39 is 11.0 Å². The summed E-state index contributed by atoms with van der Waals surface area (Å²) in [6.07, 6.45) is 0.198. The van der Waals surface area contributed by atoms with Crippen LogP contribution in [0.4, 0.5) is 4.79 Å². The molecular formula is C18H25NO4. The SMILES string of the molecule is CC(C)(C)OC(=O)[C@]1(C)CCN(C(=O)OCc2ccccc2)C1. The number of likely N-dealkylation sites (tertiary alicyclic amines) is 1. The number of hydrogen-bond donors (Lipinski definition) is 0. The molecule has 0 aliphatic carbocycles. The van der Waals surface area contributed by atoms with Crippen LogP contribution in [-0.2, 0) is 20.9 Å². The van der Waals surface area contributed by atoms with Crippen LogP contribution in [0.25, 0.3) is 0 Å². The number of carbonyl (C=O) groups excluding carboxylic acids is 2. The molecule has 126 valence electrons. The van der Waals surface area contributed by atoms with Gasteiger partial charge in [0.1, 0.15) is 12.2 Å². The first kappa shape index (κ1) is 17.3. The van der Waals surface area contributed by atoms with Gasteiger partial charge in [-0.3, -0.25) is 4.79 Å². The average molecular weight is 319 g/mol. The van der Waals surface area contributed by atoms with Crippen molar-refractivity contribution in [2.24, 2.45) is 5.41 Å². The highest BCUT2D eigenvalue weighted by Gasteiger charge is 2.45. The number of esters is 1. The lowest BCUT2D eigenvalue weighted by Gasteiger charge is -2.28. The molecule has 1 saturated heterocycles. The van der Waals surface area contributed by atoms with Crippen LogP contribution in [0.3, 0.4) is 0 Å². The summed E-state index contributed by atoms with van der Waals surface area (Å²) in [6, 6.07) is 9.53. The summed E-state index contributed by atoms with van der Waals surface area (Å²) in [4.78, 5) is 26.1. The van der Waals surface area contributed by atoms with Gasteiger partial charge in [0.25, 0.3) is 0 Å². The van der Waals surface area contributed by atoms with Crippen molar-refractivity contribution < 1.29 is 19.1 Å². The Morgan fingerprint density at radius 1 is 1.22 bits per heavy atom. The molecule has 1 fully saturated rings. The summed E-state index contributed by atoms with van der Waals surface area (Å²) < 4.78 is 10.8. The summed E-state index contributed by atoms with van der Waals surface area (Å²) in [7, 11) is 0. The van der Waals surface area contributed by atoms with Gasteiger partial charge in [0.15, 0.2) is 0 Å². The zero-order chi connectivity index (χ0) is 17.1. The smallest absolute Gasteiger partial charge is 0.410 e. The summed E-state index contributed by atoms with van der Waals surface area (Å²) in [5.41, 5.74) is -0.254. The molecule has 1 amide bonds. The quantitative estimate of drug-likeness (QED) is 0.802. The number of rotatable bonds is 3. The lowest BCUT2D eigenvalue weighted by molar-refractivity contribution is -0.165. The van der Waals surface area contributed by atoms with E-state index in [1.807, 2.05) is 58.0 Å². The Bertz CT molecular complexity index is 564. The zero-order valence-corrected chi connectivity index (χ0v) is 14.3. The average Bonchev–Trinajstić information content (AvgIpc) is 2.88. The Hall–Kier alpha value is -2.04. The van der Waals surface area contributed by atoms with E-state index >= 15 is 0 Å². The maximum Gasteiger partial charge on any atom is 0.410 e. The highest BCUT2D eigenvalue weighted by Crippen LogP contribution is 2.33. The van der Waals surface area contributed by atoms with Gasteiger partial charge in [-0.05, 0) is 39.7 Å². The van der Waals surface area contributed by atoms with Gasteiger partial charge >= 0.3 is 12.1 Å². The lowest BCUT2D eigenvalue weighted by Crippen LogP contribution is -2.39. The van der Waals surface area contributed by atoms with Crippen LogP contribution < -0.4 is 0 Å². The molecule has 0 radical (unpaired) electrons. The largest absolute Gasteiger partial charge is 0.459 e. The Morgan fingerprint density at radius 2 is 1.87 bits per heavy atom. The predicted octanol–water partition coefficient (Wildman–Crippen LogP) is 3.38. The van der Waals surface area contributed by atoms with Gasteiger partial charge in [0.05, 0.1) is 5.41 Å². The summed E-state index contributed by atoms with van der Waals surface area (Å²) in [6.45, 7) is 8.43. The van der Waals surface area contributed by atoms with Crippen LogP contribution in [0.15, 0.2) is 30.3 Å². The second-order valence-electron chi connectivity index (χ2n) is 7.27. The molecule has 1 heterocycles. The van der Waals surface area contributed by atoms with Crippen molar-refractivity contribution in [3.63, 3.8) is 0 Å². The molecule has 1 aromatic rings. The molecule has 1 aliphatic rings. The topological polar surface area (TPSA) is 55.8 Å². The minimum Gasteiger partial charge on any atom is -0.459 e. The van der Waals surface area contributed by atoms with Crippen molar-refractivity contribution in [1.29, 1.82) is 0 Å². The van der Waals surface area contributed by atoms with Gasteiger partial charge in [0, 0.05) is 13.1 Å². The molecule has 5 nitrogen and oxygen atoms in total. The molecular weight excluding hydrogens is 294 g/mol. The maximum absolute atomic E-state index is 12.3. The van der Waals surface area contributed by atoms with E-state index in [4.69, 9.17) is 9.47 Å². The minimum atomic E-state index is -0.668. The van der Waals surface area contributed by atoms with E-state index in [0.717, 1.165) is 5.56 Å². The van der Waals surface area contributed by atoms with Crippen LogP contribution in [0.5, 0.6) is 0 Å². The summed E-state index contributed by atoms with van der Waals surface area (Å²) >= 11 is 0. The number of carbonyl (C=O) groups is 2. The Balaban J connectivity index is 1.88. The predicted molar refractivity (Wildman–Crippen MR) is 86.8 cm³/mol. The third-order valence-corrected chi connectivity index (χ3v) is 3.83. The van der Waals surface area contributed by atoms with Crippen LogP contribution in [0.1, 0.15) is 39.7 Å². The number of benzene rings is 1. The lowest BCUT2D eigenvalue weighted by atomic mass is 9.90. The van der Waals surface area contributed by atoms with Crippen molar-refractivity contribution in [3.05, 3.63) is 35.9 Å². The fraction of sp³-hybridized carbons (Fsp3) is 0.556. The molecule has 0 aromatic heterocycles. The van der Waals surface area contributed by atoms with Crippen molar-refractivity contribution in [2.75, 3.05) is 13.1 Å². The second-order valence-corrected chi connectivity index (χ2v) is 7.27. The van der Waals surface area contributed by atoms with Crippen molar-refractivity contribution in [2.45, 2.75) is 46.3 Å². The van der Waals surface area contributed by atoms with Crippen LogP contribution >= 0.6 is 0 Å². The third kappa shape index (κ3) is 4.71. The van der Waals surface area contributed by atoms with Crippen LogP contribution in [0, 0.1) is 5.41 Å². The van der Waals surface area contributed by atoms with E-state index in [-0.39, 0.29) is 18.7 Å². The molecule has 5 heteroatoms. The molecule has 23 heavy (non-hydrogen) atoms. The van der Waals surface area contributed by atoms with Crippen molar-refractivity contribution in [3.8, 4) is 0 Å². The summed E-state index contributed by atoms with van der Waals surface area (Å²) in [5, 5.41) is 0. The number of nitrogens with zero attached hydrogens (tertiary/aromatic N) is 1. The van der Waals surface area contributed by atoms with Gasteiger partial charge in [-0.2, -0.15) is 0 Å². The first-order chi connectivity index (χ1) is 10.7. The van der Waals surface area contributed by atoms with E-state index in [2.05, 4.69) is 0 Å². The highest BCUT2D eigenvalue weighted by atomic mass is 16.6. The number of amides is 1.